The first-order valence-corrected chi connectivity index (χ1v) is 11.0. The van der Waals surface area contributed by atoms with Gasteiger partial charge in [0.25, 0.3) is 5.91 Å². The smallest absolute Gasteiger partial charge is 0.322 e. The zero-order chi connectivity index (χ0) is 22.7. The van der Waals surface area contributed by atoms with Crippen molar-refractivity contribution in [2.45, 2.75) is 33.7 Å². The lowest BCUT2D eigenvalue weighted by atomic mass is 10.1. The lowest BCUT2D eigenvalue weighted by Crippen LogP contribution is -2.49. The van der Waals surface area contributed by atoms with Crippen LogP contribution < -0.4 is 10.2 Å². The molecule has 0 radical (unpaired) electrons. The van der Waals surface area contributed by atoms with E-state index in [1.54, 1.807) is 0 Å². The Labute approximate surface area is 189 Å². The second-order valence-electron chi connectivity index (χ2n) is 8.52. The Morgan fingerprint density at radius 1 is 0.906 bits per heavy atom. The lowest BCUT2D eigenvalue weighted by molar-refractivity contribution is 0.102. The van der Waals surface area contributed by atoms with Gasteiger partial charge in [-0.1, -0.05) is 47.5 Å². The summed E-state index contributed by atoms with van der Waals surface area (Å²) in [6.07, 6.45) is 0.919. The molecule has 0 aliphatic carbocycles. The molecule has 0 atom stereocenters. The van der Waals surface area contributed by atoms with Crippen LogP contribution in [-0.4, -0.2) is 29.9 Å². The number of nitrogens with zero attached hydrogens (tertiary/aromatic N) is 2. The van der Waals surface area contributed by atoms with Crippen LogP contribution in [0.2, 0.25) is 0 Å². The highest BCUT2D eigenvalue weighted by atomic mass is 16.2. The molecule has 164 valence electrons. The van der Waals surface area contributed by atoms with Gasteiger partial charge in [0.1, 0.15) is 0 Å². The van der Waals surface area contributed by atoms with E-state index in [9.17, 15) is 9.59 Å². The maximum Gasteiger partial charge on any atom is 0.324 e. The van der Waals surface area contributed by atoms with Gasteiger partial charge in [-0.05, 0) is 68.7 Å². The molecule has 32 heavy (non-hydrogen) atoms. The van der Waals surface area contributed by atoms with Crippen molar-refractivity contribution in [2.24, 2.45) is 0 Å². The van der Waals surface area contributed by atoms with E-state index in [1.807, 2.05) is 65.3 Å². The van der Waals surface area contributed by atoms with E-state index < -0.39 is 0 Å². The number of aryl methyl sites for hydroxylation is 3. The van der Waals surface area contributed by atoms with Gasteiger partial charge in [-0.2, -0.15) is 0 Å². The maximum absolute atomic E-state index is 13.2. The molecular formula is C27H29N3O2. The first-order chi connectivity index (χ1) is 15.4. The molecule has 1 aliphatic heterocycles. The first-order valence-electron chi connectivity index (χ1n) is 11.0. The number of anilines is 2. The number of benzene rings is 3. The highest BCUT2D eigenvalue weighted by molar-refractivity contribution is 6.05. The summed E-state index contributed by atoms with van der Waals surface area (Å²) in [7, 11) is 0. The Balaban J connectivity index is 1.44. The largest absolute Gasteiger partial charge is 0.324 e. The van der Waals surface area contributed by atoms with Crippen molar-refractivity contribution in [1.82, 2.24) is 4.90 Å². The van der Waals surface area contributed by atoms with Crippen molar-refractivity contribution >= 4 is 23.3 Å². The second-order valence-corrected chi connectivity index (χ2v) is 8.52. The fourth-order valence-corrected chi connectivity index (χ4v) is 4.30. The van der Waals surface area contributed by atoms with E-state index in [-0.39, 0.29) is 11.9 Å². The van der Waals surface area contributed by atoms with E-state index in [2.05, 4.69) is 37.4 Å². The number of hydrogen-bond acceptors (Lipinski definition) is 2. The highest BCUT2D eigenvalue weighted by Crippen LogP contribution is 2.24. The summed E-state index contributed by atoms with van der Waals surface area (Å²) in [4.78, 5) is 29.5. The van der Waals surface area contributed by atoms with Crippen LogP contribution in [0.25, 0.3) is 0 Å². The van der Waals surface area contributed by atoms with Crippen molar-refractivity contribution < 1.29 is 9.59 Å². The van der Waals surface area contributed by atoms with Crippen LogP contribution in [0.3, 0.4) is 0 Å². The van der Waals surface area contributed by atoms with Gasteiger partial charge in [-0.3, -0.25) is 9.69 Å². The van der Waals surface area contributed by atoms with Gasteiger partial charge < -0.3 is 10.2 Å². The van der Waals surface area contributed by atoms with E-state index in [0.29, 0.717) is 24.3 Å². The molecule has 5 heteroatoms. The fraction of sp³-hybridized carbons (Fsp3) is 0.259. The molecule has 3 aromatic carbocycles. The van der Waals surface area contributed by atoms with Gasteiger partial charge in [0.05, 0.1) is 0 Å². The summed E-state index contributed by atoms with van der Waals surface area (Å²) in [6.45, 7) is 8.15. The Morgan fingerprint density at radius 3 is 2.28 bits per heavy atom. The van der Waals surface area contributed by atoms with Crippen molar-refractivity contribution in [1.29, 1.82) is 0 Å². The number of rotatable bonds is 5. The van der Waals surface area contributed by atoms with Crippen molar-refractivity contribution in [3.8, 4) is 0 Å². The second kappa shape index (κ2) is 9.27. The molecule has 1 saturated heterocycles. The molecule has 0 unspecified atom stereocenters. The molecular weight excluding hydrogens is 398 g/mol. The summed E-state index contributed by atoms with van der Waals surface area (Å²) < 4.78 is 0. The van der Waals surface area contributed by atoms with Gasteiger partial charge >= 0.3 is 6.03 Å². The third-order valence-corrected chi connectivity index (χ3v) is 5.79. The van der Waals surface area contributed by atoms with Gasteiger partial charge in [-0.25, -0.2) is 4.79 Å². The molecule has 3 amide bonds. The number of amides is 3. The van der Waals surface area contributed by atoms with Crippen LogP contribution in [0.1, 0.15) is 39.0 Å². The summed E-state index contributed by atoms with van der Waals surface area (Å²) in [6, 6.07) is 21.5. The molecule has 1 N–H and O–H groups in total. The monoisotopic (exact) mass is 427 g/mol. The normalized spacial score (nSPS) is 13.9. The van der Waals surface area contributed by atoms with E-state index in [4.69, 9.17) is 0 Å². The molecule has 3 aromatic rings. The summed E-state index contributed by atoms with van der Waals surface area (Å²) in [5.41, 5.74) is 6.73. The van der Waals surface area contributed by atoms with Crippen LogP contribution in [0.5, 0.6) is 0 Å². The number of carbonyl (C=O) groups is 2. The summed E-state index contributed by atoms with van der Waals surface area (Å²) in [5.74, 6) is -0.135. The van der Waals surface area contributed by atoms with Crippen LogP contribution in [0, 0.1) is 20.8 Å². The van der Waals surface area contributed by atoms with E-state index in [0.717, 1.165) is 29.8 Å². The van der Waals surface area contributed by atoms with Crippen LogP contribution in [0.4, 0.5) is 16.2 Å². The SMILES string of the molecule is Cc1cc(C)cc(CN2CCCN(c3ccc(NC(=O)c4ccccc4C)cc3)C2=O)c1. The molecule has 4 rings (SSSR count). The van der Waals surface area contributed by atoms with Gasteiger partial charge in [0, 0.05) is 36.6 Å². The Hall–Kier alpha value is -3.60. The zero-order valence-corrected chi connectivity index (χ0v) is 18.9. The lowest BCUT2D eigenvalue weighted by Gasteiger charge is -2.36. The highest BCUT2D eigenvalue weighted by Gasteiger charge is 2.27. The maximum atomic E-state index is 13.2. The minimum absolute atomic E-state index is 0.0205. The molecule has 0 bridgehead atoms. The molecule has 1 heterocycles. The minimum Gasteiger partial charge on any atom is -0.322 e. The van der Waals surface area contributed by atoms with E-state index >= 15 is 0 Å². The quantitative estimate of drug-likeness (QED) is 0.568. The van der Waals surface area contributed by atoms with Crippen molar-refractivity contribution in [3.05, 3.63) is 94.5 Å². The predicted octanol–water partition coefficient (Wildman–Crippen LogP) is 5.70. The van der Waals surface area contributed by atoms with Crippen molar-refractivity contribution in [3.63, 3.8) is 0 Å². The minimum atomic E-state index is -0.135. The summed E-state index contributed by atoms with van der Waals surface area (Å²) in [5, 5.41) is 2.94. The van der Waals surface area contributed by atoms with Crippen LogP contribution in [0.15, 0.2) is 66.7 Å². The third kappa shape index (κ3) is 4.83. The van der Waals surface area contributed by atoms with Crippen LogP contribution in [-0.2, 0) is 6.54 Å². The third-order valence-electron chi connectivity index (χ3n) is 5.79. The number of carbonyl (C=O) groups excluding carboxylic acids is 2. The molecule has 1 fully saturated rings. The molecule has 0 spiro atoms. The topological polar surface area (TPSA) is 52.6 Å². The predicted molar refractivity (Wildman–Crippen MR) is 129 cm³/mol. The van der Waals surface area contributed by atoms with Gasteiger partial charge in [0.15, 0.2) is 0 Å². The number of hydrogen-bond donors (Lipinski definition) is 1. The van der Waals surface area contributed by atoms with Crippen LogP contribution >= 0.6 is 0 Å². The Morgan fingerprint density at radius 2 is 1.59 bits per heavy atom. The van der Waals surface area contributed by atoms with Gasteiger partial charge in [-0.15, -0.1) is 0 Å². The summed E-state index contributed by atoms with van der Waals surface area (Å²) >= 11 is 0. The molecule has 0 aromatic heterocycles. The molecule has 1 aliphatic rings. The van der Waals surface area contributed by atoms with Crippen molar-refractivity contribution in [2.75, 3.05) is 23.3 Å². The number of nitrogens with one attached hydrogen (secondary N) is 1. The average Bonchev–Trinajstić information content (AvgIpc) is 2.75. The number of urea groups is 1. The fourth-order valence-electron chi connectivity index (χ4n) is 4.30. The standard InChI is InChI=1S/C27H29N3O2/c1-19-15-20(2)17-22(16-19)18-29-13-6-14-30(27(29)32)24-11-9-23(10-12-24)28-26(31)25-8-5-4-7-21(25)3/h4-5,7-12,15-17H,6,13-14,18H2,1-3H3,(H,28,31). The van der Waals surface area contributed by atoms with E-state index in [1.165, 1.54) is 11.1 Å². The molecule has 5 nitrogen and oxygen atoms in total. The van der Waals surface area contributed by atoms with Gasteiger partial charge in [0.2, 0.25) is 0 Å². The molecule has 0 saturated carbocycles. The zero-order valence-electron chi connectivity index (χ0n) is 18.9. The Bertz CT molecular complexity index is 1120. The Kier molecular flexibility index (Phi) is 6.26. The average molecular weight is 428 g/mol. The first kappa shape index (κ1) is 21.6.